The lowest BCUT2D eigenvalue weighted by Crippen LogP contribution is -2.56. The largest absolute Gasteiger partial charge is 0.370 e. The number of Topliss-reactive ketones (excluding diaryl/α,β-unsaturated/α-hetero) is 1. The number of thiazole rings is 1. The summed E-state index contributed by atoms with van der Waals surface area (Å²) in [6.45, 7) is 0.716. The average Bonchev–Trinajstić information content (AvgIpc) is 3.43. The molecule has 4 atom stereocenters. The van der Waals surface area contributed by atoms with Gasteiger partial charge in [0.25, 0.3) is 0 Å². The zero-order valence-corrected chi connectivity index (χ0v) is 28.7. The summed E-state index contributed by atoms with van der Waals surface area (Å²) in [5, 5.41) is 21.6. The molecule has 1 aliphatic heterocycles. The van der Waals surface area contributed by atoms with Crippen LogP contribution in [0.4, 0.5) is 0 Å². The number of para-hydroxylation sites is 1. The number of nitrogens with one attached hydrogen (secondary N) is 6. The standard InChI is InChI=1S/C28H42N8O5S2Si/c1-42-14-11-19-25(40)34-18(8-4-5-12-31-22(37)15-21(44)26(41)35-19)24(39)33-17(9-6-13-32-28(29)30)23(38)27-36-16-7-2-3-10-20(16)43-27/h2-3,7,10,17-19,21H,4-6,8-9,11-15H2,1,44H3,(H,31,37)(H,33,39)(H,34,40)(H,35,41)(H4,29,30,32)/t17?,18-,19-,21-/m0/s1. The van der Waals surface area contributed by atoms with Crippen molar-refractivity contribution in [1.29, 1.82) is 5.41 Å². The topological polar surface area (TPSA) is 208 Å². The summed E-state index contributed by atoms with van der Waals surface area (Å²) in [6, 6.07) is 4.61. The molecule has 1 fully saturated rings. The summed E-state index contributed by atoms with van der Waals surface area (Å²) < 4.78 is 0.847. The van der Waals surface area contributed by atoms with E-state index in [9.17, 15) is 24.0 Å². The van der Waals surface area contributed by atoms with Gasteiger partial charge in [0.05, 0.1) is 16.3 Å². The fourth-order valence-electron chi connectivity index (χ4n) is 4.70. The molecular weight excluding hydrogens is 621 g/mol. The normalized spacial score (nSPS) is 20.9. The van der Waals surface area contributed by atoms with Crippen LogP contribution in [-0.4, -0.2) is 93.8 Å². The number of amides is 4. The smallest absolute Gasteiger partial charge is 0.243 e. The maximum Gasteiger partial charge on any atom is 0.243 e. The minimum absolute atomic E-state index is 0.0754. The van der Waals surface area contributed by atoms with Crippen molar-refractivity contribution < 1.29 is 24.0 Å². The molecule has 2 heterocycles. The van der Waals surface area contributed by atoms with Gasteiger partial charge in [0.1, 0.15) is 12.1 Å². The van der Waals surface area contributed by atoms with Gasteiger partial charge in [0.2, 0.25) is 29.4 Å². The predicted molar refractivity (Wildman–Crippen MR) is 177 cm³/mol. The summed E-state index contributed by atoms with van der Waals surface area (Å²) in [6.07, 6.45) is 4.39. The first-order chi connectivity index (χ1) is 21.1. The van der Waals surface area contributed by atoms with E-state index in [0.717, 1.165) is 4.70 Å². The second kappa shape index (κ2) is 17.7. The van der Waals surface area contributed by atoms with Crippen molar-refractivity contribution in [2.75, 3.05) is 25.1 Å². The molecule has 0 aliphatic carbocycles. The molecule has 1 aromatic heterocycles. The van der Waals surface area contributed by atoms with Crippen LogP contribution in [0.25, 0.3) is 10.2 Å². The summed E-state index contributed by atoms with van der Waals surface area (Å²) in [4.78, 5) is 70.5. The highest BCUT2D eigenvalue weighted by Crippen LogP contribution is 2.23. The molecule has 3 rings (SSSR count). The third-order valence-electron chi connectivity index (χ3n) is 7.18. The third kappa shape index (κ3) is 10.9. The molecular formula is C28H42N8O5S2Si. The lowest BCUT2D eigenvalue weighted by molar-refractivity contribution is -0.133. The van der Waals surface area contributed by atoms with Crippen LogP contribution >= 0.6 is 23.1 Å². The zero-order chi connectivity index (χ0) is 32.1. The number of nitrogens with two attached hydrogens (primary N) is 1. The van der Waals surface area contributed by atoms with Gasteiger partial charge in [-0.2, -0.15) is 11.8 Å². The van der Waals surface area contributed by atoms with Gasteiger partial charge >= 0.3 is 0 Å². The summed E-state index contributed by atoms with van der Waals surface area (Å²) in [7, 11) is 0.444. The molecule has 16 heteroatoms. The van der Waals surface area contributed by atoms with Gasteiger partial charge in [0.15, 0.2) is 11.0 Å². The number of nitrogens with zero attached hydrogens (tertiary/aromatic N) is 1. The van der Waals surface area contributed by atoms with Gasteiger partial charge in [-0.15, -0.1) is 11.3 Å². The average molecular weight is 663 g/mol. The van der Waals surface area contributed by atoms with Crippen molar-refractivity contribution in [2.45, 2.75) is 68.6 Å². The Hall–Kier alpha value is -3.50. The molecule has 2 aromatic rings. The van der Waals surface area contributed by atoms with Crippen LogP contribution in [-0.2, 0) is 19.2 Å². The Labute approximate surface area is 268 Å². The first-order valence-electron chi connectivity index (χ1n) is 14.7. The second-order valence-electron chi connectivity index (χ2n) is 10.7. The van der Waals surface area contributed by atoms with Crippen molar-refractivity contribution in [1.82, 2.24) is 31.6 Å². The van der Waals surface area contributed by atoms with Crippen LogP contribution in [0, 0.1) is 5.41 Å². The quantitative estimate of drug-likeness (QED) is 0.0558. The number of guanidine groups is 1. The van der Waals surface area contributed by atoms with Crippen LogP contribution in [0.5, 0.6) is 0 Å². The molecule has 44 heavy (non-hydrogen) atoms. The SMILES string of the molecule is CSCC[C@@H]1NC(=O)[C@@H]([SiH3])CC(=O)NCCCC[C@@H](C(=O)NC(CCCNC(=N)N)C(=O)c2nc3ccccc3s2)NC1=O. The van der Waals surface area contributed by atoms with Crippen LogP contribution in [0.1, 0.15) is 54.7 Å². The van der Waals surface area contributed by atoms with Crippen molar-refractivity contribution in [2.24, 2.45) is 5.73 Å². The molecule has 240 valence electrons. The third-order valence-corrected chi connectivity index (χ3v) is 9.81. The molecule has 13 nitrogen and oxygen atoms in total. The van der Waals surface area contributed by atoms with E-state index in [1.54, 1.807) is 0 Å². The van der Waals surface area contributed by atoms with E-state index in [1.807, 2.05) is 30.5 Å². The van der Waals surface area contributed by atoms with E-state index in [0.29, 0.717) is 60.3 Å². The number of hydrogen-bond acceptors (Lipinski definition) is 9. The number of thioether (sulfide) groups is 1. The Morgan fingerprint density at radius 2 is 1.98 bits per heavy atom. The zero-order valence-electron chi connectivity index (χ0n) is 25.1. The van der Waals surface area contributed by atoms with Crippen LogP contribution < -0.4 is 32.3 Å². The van der Waals surface area contributed by atoms with Gasteiger partial charge in [-0.05, 0) is 62.7 Å². The first kappa shape index (κ1) is 35.0. The molecule has 1 unspecified atom stereocenters. The Bertz CT molecular complexity index is 1310. The molecule has 1 aromatic carbocycles. The Balaban J connectivity index is 1.82. The highest BCUT2D eigenvalue weighted by molar-refractivity contribution is 7.98. The molecule has 0 saturated carbocycles. The van der Waals surface area contributed by atoms with Gasteiger partial charge in [-0.3, -0.25) is 29.4 Å². The summed E-state index contributed by atoms with van der Waals surface area (Å²) in [5.41, 5.74) is 5.58. The number of rotatable bonds is 11. The van der Waals surface area contributed by atoms with Crippen LogP contribution in [0.2, 0.25) is 5.54 Å². The number of aromatic nitrogens is 1. The van der Waals surface area contributed by atoms with Gasteiger partial charge in [-0.25, -0.2) is 4.98 Å². The Kier molecular flexibility index (Phi) is 14.1. The fraction of sp³-hybridized carbons (Fsp3) is 0.536. The van der Waals surface area contributed by atoms with E-state index in [4.69, 9.17) is 11.1 Å². The van der Waals surface area contributed by atoms with Crippen molar-refractivity contribution in [3.63, 3.8) is 0 Å². The molecule has 4 amide bonds. The van der Waals surface area contributed by atoms with E-state index in [1.165, 1.54) is 23.1 Å². The number of fused-ring (bicyclic) bond motifs is 1. The number of hydrogen-bond donors (Lipinski definition) is 7. The van der Waals surface area contributed by atoms with Crippen LogP contribution in [0.3, 0.4) is 0 Å². The summed E-state index contributed by atoms with van der Waals surface area (Å²) in [5.74, 6) is -1.51. The van der Waals surface area contributed by atoms with E-state index < -0.39 is 35.5 Å². The highest BCUT2D eigenvalue weighted by Gasteiger charge is 2.31. The second-order valence-corrected chi connectivity index (χ2v) is 14.2. The maximum atomic E-state index is 13.7. The summed E-state index contributed by atoms with van der Waals surface area (Å²) >= 11 is 2.77. The lowest BCUT2D eigenvalue weighted by atomic mass is 10.0. The maximum absolute atomic E-state index is 13.7. The van der Waals surface area contributed by atoms with Crippen molar-refractivity contribution in [3.8, 4) is 0 Å². The Morgan fingerprint density at radius 1 is 1.20 bits per heavy atom. The molecule has 8 N–H and O–H groups in total. The highest BCUT2D eigenvalue weighted by atomic mass is 32.2. The number of carbonyl (C=O) groups is 5. The molecule has 0 spiro atoms. The van der Waals surface area contributed by atoms with E-state index >= 15 is 0 Å². The number of benzene rings is 1. The Morgan fingerprint density at radius 3 is 2.70 bits per heavy atom. The number of carbonyl (C=O) groups excluding carboxylic acids is 5. The minimum atomic E-state index is -0.970. The minimum Gasteiger partial charge on any atom is -0.370 e. The van der Waals surface area contributed by atoms with Crippen LogP contribution in [0.15, 0.2) is 24.3 Å². The van der Waals surface area contributed by atoms with Gasteiger partial charge in [0, 0.05) is 35.3 Å². The molecule has 0 radical (unpaired) electrons. The van der Waals surface area contributed by atoms with E-state index in [2.05, 4.69) is 31.6 Å². The van der Waals surface area contributed by atoms with Gasteiger partial charge < -0.3 is 32.3 Å². The van der Waals surface area contributed by atoms with Crippen molar-refractivity contribution in [3.05, 3.63) is 29.3 Å². The van der Waals surface area contributed by atoms with Crippen molar-refractivity contribution >= 4 is 78.9 Å². The predicted octanol–water partition coefficient (Wildman–Crippen LogP) is -0.206. The first-order valence-corrected chi connectivity index (χ1v) is 18.1. The van der Waals surface area contributed by atoms with Gasteiger partial charge in [-0.1, -0.05) is 12.1 Å². The fourth-order valence-corrected chi connectivity index (χ4v) is 6.67. The number of ketones is 1. The molecule has 1 saturated heterocycles. The van der Waals surface area contributed by atoms with E-state index in [-0.39, 0.29) is 47.8 Å². The monoisotopic (exact) mass is 662 g/mol. The molecule has 0 bridgehead atoms. The molecule has 1 aliphatic rings. The lowest BCUT2D eigenvalue weighted by Gasteiger charge is -2.26.